The first-order valence-corrected chi connectivity index (χ1v) is 6.37. The topological polar surface area (TPSA) is 43.8 Å². The maximum absolute atomic E-state index is 10.9. The molecule has 0 bridgehead atoms. The molecule has 1 N–H and O–H groups in total. The van der Waals surface area contributed by atoms with Gasteiger partial charge in [-0.1, -0.05) is 18.2 Å². The van der Waals surface area contributed by atoms with Gasteiger partial charge in [0.05, 0.1) is 0 Å². The number of carbonyl (C=O) groups is 1. The van der Waals surface area contributed by atoms with E-state index in [1.54, 1.807) is 6.92 Å². The van der Waals surface area contributed by atoms with Crippen LogP contribution < -0.4 is 4.90 Å². The molecule has 0 aromatic heterocycles. The van der Waals surface area contributed by atoms with Crippen LogP contribution in [0, 0.1) is 6.92 Å². The van der Waals surface area contributed by atoms with Crippen LogP contribution in [-0.2, 0) is 4.79 Å². The highest BCUT2D eigenvalue weighted by atomic mass is 35.5. The van der Waals surface area contributed by atoms with E-state index in [0.717, 1.165) is 26.2 Å². The number of nitrogens with zero attached hydrogens (tertiary/aromatic N) is 2. The van der Waals surface area contributed by atoms with E-state index >= 15 is 0 Å². The minimum absolute atomic E-state index is 0. The molecule has 1 saturated heterocycles. The zero-order chi connectivity index (χ0) is 13.1. The largest absolute Gasteiger partial charge is 0.480 e. The van der Waals surface area contributed by atoms with Gasteiger partial charge in [-0.15, -0.1) is 12.4 Å². The van der Waals surface area contributed by atoms with Gasteiger partial charge in [-0.2, -0.15) is 0 Å². The van der Waals surface area contributed by atoms with Crippen molar-refractivity contribution in [2.75, 3.05) is 31.1 Å². The van der Waals surface area contributed by atoms with E-state index in [9.17, 15) is 4.79 Å². The molecule has 1 aliphatic heterocycles. The Hall–Kier alpha value is -1.26. The highest BCUT2D eigenvalue weighted by molar-refractivity contribution is 5.85. The van der Waals surface area contributed by atoms with Gasteiger partial charge in [-0.3, -0.25) is 9.69 Å². The lowest BCUT2D eigenvalue weighted by Gasteiger charge is -2.38. The molecule has 1 fully saturated rings. The second kappa shape index (κ2) is 6.78. The first kappa shape index (κ1) is 15.8. The van der Waals surface area contributed by atoms with E-state index in [1.165, 1.54) is 11.3 Å². The molecule has 1 aliphatic rings. The van der Waals surface area contributed by atoms with E-state index in [1.807, 2.05) is 11.0 Å². The Labute approximate surface area is 120 Å². The minimum Gasteiger partial charge on any atom is -0.480 e. The molecule has 5 heteroatoms. The Balaban J connectivity index is 0.00000180. The second-order valence-electron chi connectivity index (χ2n) is 4.82. The van der Waals surface area contributed by atoms with Gasteiger partial charge in [0.1, 0.15) is 6.04 Å². The summed E-state index contributed by atoms with van der Waals surface area (Å²) >= 11 is 0. The SMILES string of the molecule is Cc1ccccc1N1CCN(C(C)C(=O)O)CC1.Cl. The quantitative estimate of drug-likeness (QED) is 0.922. The molecule has 0 aliphatic carbocycles. The third-order valence-electron chi connectivity index (χ3n) is 3.68. The van der Waals surface area contributed by atoms with Crippen molar-refractivity contribution >= 4 is 24.1 Å². The average Bonchev–Trinajstić information content (AvgIpc) is 2.38. The Bertz CT molecular complexity index is 431. The number of para-hydroxylation sites is 1. The van der Waals surface area contributed by atoms with Crippen molar-refractivity contribution in [3.63, 3.8) is 0 Å². The molecule has 1 heterocycles. The number of aliphatic carboxylic acids is 1. The summed E-state index contributed by atoms with van der Waals surface area (Å²) in [7, 11) is 0. The number of hydrogen-bond acceptors (Lipinski definition) is 3. The third kappa shape index (κ3) is 3.61. The van der Waals surface area contributed by atoms with Gasteiger partial charge in [0.2, 0.25) is 0 Å². The van der Waals surface area contributed by atoms with Crippen LogP contribution in [0.25, 0.3) is 0 Å². The van der Waals surface area contributed by atoms with Crippen molar-refractivity contribution < 1.29 is 9.90 Å². The van der Waals surface area contributed by atoms with E-state index < -0.39 is 5.97 Å². The standard InChI is InChI=1S/C14H20N2O2.ClH/c1-11-5-3-4-6-13(11)16-9-7-15(8-10-16)12(2)14(17)18;/h3-6,12H,7-10H2,1-2H3,(H,17,18);1H. The van der Waals surface area contributed by atoms with Crippen LogP contribution >= 0.6 is 12.4 Å². The number of aryl methyl sites for hydroxylation is 1. The fourth-order valence-electron chi connectivity index (χ4n) is 2.42. The van der Waals surface area contributed by atoms with Crippen LogP contribution in [0.3, 0.4) is 0 Å². The van der Waals surface area contributed by atoms with Gasteiger partial charge in [-0.25, -0.2) is 0 Å². The fraction of sp³-hybridized carbons (Fsp3) is 0.500. The van der Waals surface area contributed by atoms with Crippen LogP contribution in [0.2, 0.25) is 0 Å². The number of halogens is 1. The summed E-state index contributed by atoms with van der Waals surface area (Å²) in [5, 5.41) is 9.01. The first-order valence-electron chi connectivity index (χ1n) is 6.37. The Kier molecular flexibility index (Phi) is 5.63. The molecule has 106 valence electrons. The number of anilines is 1. The number of hydrogen-bond donors (Lipinski definition) is 1. The zero-order valence-electron chi connectivity index (χ0n) is 11.4. The molecular weight excluding hydrogens is 264 g/mol. The lowest BCUT2D eigenvalue weighted by atomic mass is 10.1. The second-order valence-corrected chi connectivity index (χ2v) is 4.82. The van der Waals surface area contributed by atoms with E-state index in [0.29, 0.717) is 0 Å². The summed E-state index contributed by atoms with van der Waals surface area (Å²) in [6.07, 6.45) is 0. The Morgan fingerprint density at radius 3 is 2.32 bits per heavy atom. The summed E-state index contributed by atoms with van der Waals surface area (Å²) in [4.78, 5) is 15.3. The van der Waals surface area contributed by atoms with Crippen LogP contribution in [0.4, 0.5) is 5.69 Å². The van der Waals surface area contributed by atoms with Crippen molar-refractivity contribution in [1.29, 1.82) is 0 Å². The van der Waals surface area contributed by atoms with Gasteiger partial charge < -0.3 is 10.0 Å². The molecule has 4 nitrogen and oxygen atoms in total. The molecule has 2 rings (SSSR count). The summed E-state index contributed by atoms with van der Waals surface area (Å²) in [6, 6.07) is 7.95. The lowest BCUT2D eigenvalue weighted by molar-refractivity contribution is -0.142. The Morgan fingerprint density at radius 1 is 1.21 bits per heavy atom. The van der Waals surface area contributed by atoms with Crippen LogP contribution in [0.15, 0.2) is 24.3 Å². The van der Waals surface area contributed by atoms with Crippen molar-refractivity contribution in [3.8, 4) is 0 Å². The molecule has 1 aromatic rings. The molecule has 1 aromatic carbocycles. The van der Waals surface area contributed by atoms with Crippen LogP contribution in [0.1, 0.15) is 12.5 Å². The van der Waals surface area contributed by atoms with Gasteiger partial charge in [0.25, 0.3) is 0 Å². The predicted octanol–water partition coefficient (Wildman–Crippen LogP) is 2.01. The monoisotopic (exact) mass is 284 g/mol. The fourth-order valence-corrected chi connectivity index (χ4v) is 2.42. The minimum atomic E-state index is -0.737. The molecule has 0 amide bonds. The first-order chi connectivity index (χ1) is 8.59. The average molecular weight is 285 g/mol. The van der Waals surface area contributed by atoms with Gasteiger partial charge in [0.15, 0.2) is 0 Å². The van der Waals surface area contributed by atoms with E-state index in [4.69, 9.17) is 5.11 Å². The van der Waals surface area contributed by atoms with E-state index in [2.05, 4.69) is 30.0 Å². The van der Waals surface area contributed by atoms with Gasteiger partial charge in [-0.05, 0) is 25.5 Å². The van der Waals surface area contributed by atoms with Crippen molar-refractivity contribution in [2.24, 2.45) is 0 Å². The van der Waals surface area contributed by atoms with Crippen LogP contribution in [-0.4, -0.2) is 48.2 Å². The summed E-state index contributed by atoms with van der Waals surface area (Å²) in [5.74, 6) is -0.737. The van der Waals surface area contributed by atoms with E-state index in [-0.39, 0.29) is 18.4 Å². The molecule has 1 unspecified atom stereocenters. The van der Waals surface area contributed by atoms with Crippen LogP contribution in [0.5, 0.6) is 0 Å². The predicted molar refractivity (Wildman–Crippen MR) is 79.3 cm³/mol. The number of benzene rings is 1. The normalized spacial score (nSPS) is 17.7. The number of piperazine rings is 1. The smallest absolute Gasteiger partial charge is 0.320 e. The molecule has 0 radical (unpaired) electrons. The number of carboxylic acids is 1. The highest BCUT2D eigenvalue weighted by Gasteiger charge is 2.25. The zero-order valence-corrected chi connectivity index (χ0v) is 12.2. The van der Waals surface area contributed by atoms with Crippen molar-refractivity contribution in [3.05, 3.63) is 29.8 Å². The highest BCUT2D eigenvalue weighted by Crippen LogP contribution is 2.21. The van der Waals surface area contributed by atoms with Crippen molar-refractivity contribution in [1.82, 2.24) is 4.90 Å². The summed E-state index contributed by atoms with van der Waals surface area (Å²) < 4.78 is 0. The molecule has 19 heavy (non-hydrogen) atoms. The molecular formula is C14H21ClN2O2. The van der Waals surface area contributed by atoms with Crippen molar-refractivity contribution in [2.45, 2.75) is 19.9 Å². The third-order valence-corrected chi connectivity index (χ3v) is 3.68. The summed E-state index contributed by atoms with van der Waals surface area (Å²) in [6.45, 7) is 7.27. The summed E-state index contributed by atoms with van der Waals surface area (Å²) in [5.41, 5.74) is 2.54. The van der Waals surface area contributed by atoms with Gasteiger partial charge >= 0.3 is 5.97 Å². The molecule has 0 spiro atoms. The Morgan fingerprint density at radius 2 is 1.79 bits per heavy atom. The maximum Gasteiger partial charge on any atom is 0.320 e. The molecule has 0 saturated carbocycles. The molecule has 1 atom stereocenters. The van der Waals surface area contributed by atoms with Gasteiger partial charge in [0, 0.05) is 31.9 Å². The number of rotatable bonds is 3. The lowest BCUT2D eigenvalue weighted by Crippen LogP contribution is -2.51. The number of carboxylic acid groups (broad SMARTS) is 1. The maximum atomic E-state index is 10.9.